The third kappa shape index (κ3) is 4.94. The molecule has 0 saturated heterocycles. The SMILES string of the molecule is Cc1ccc(S(=O)(=O)n2cc(-c3cc(F)cc(F)c3C=O)c3cc(-c4cccc(S(=O)(=O)N(C)C)c4)cnc32)cc1. The Morgan fingerprint density at radius 1 is 0.854 bits per heavy atom. The van der Waals surface area contributed by atoms with E-state index >= 15 is 0 Å². The Bertz CT molecular complexity index is 2050. The molecule has 0 aliphatic heterocycles. The number of nitrogens with zero attached hydrogens (tertiary/aromatic N) is 3. The lowest BCUT2D eigenvalue weighted by Gasteiger charge is -2.12. The van der Waals surface area contributed by atoms with Gasteiger partial charge in [0, 0.05) is 54.6 Å². The van der Waals surface area contributed by atoms with Gasteiger partial charge in [0.15, 0.2) is 11.9 Å². The summed E-state index contributed by atoms with van der Waals surface area (Å²) in [6.07, 6.45) is 2.78. The molecule has 0 aliphatic carbocycles. The topological polar surface area (TPSA) is 106 Å². The molecular formula is C29H23F2N3O5S2. The van der Waals surface area contributed by atoms with Gasteiger partial charge in [-0.15, -0.1) is 0 Å². The number of sulfonamides is 1. The number of carbonyl (C=O) groups excluding carboxylic acids is 1. The number of pyridine rings is 1. The van der Waals surface area contributed by atoms with Gasteiger partial charge in [0.2, 0.25) is 10.0 Å². The fourth-order valence-electron chi connectivity index (χ4n) is 4.43. The molecule has 12 heteroatoms. The van der Waals surface area contributed by atoms with Crippen molar-refractivity contribution in [1.82, 2.24) is 13.3 Å². The average Bonchev–Trinajstić information content (AvgIpc) is 3.32. The van der Waals surface area contributed by atoms with Crippen molar-refractivity contribution in [2.75, 3.05) is 14.1 Å². The van der Waals surface area contributed by atoms with Gasteiger partial charge in [-0.2, -0.15) is 0 Å². The predicted molar refractivity (Wildman–Crippen MR) is 151 cm³/mol. The molecule has 0 spiro atoms. The van der Waals surface area contributed by atoms with E-state index in [1.807, 2.05) is 0 Å². The van der Waals surface area contributed by atoms with Crippen molar-refractivity contribution < 1.29 is 30.4 Å². The van der Waals surface area contributed by atoms with E-state index in [-0.39, 0.29) is 38.2 Å². The van der Waals surface area contributed by atoms with Crippen molar-refractivity contribution in [2.24, 2.45) is 0 Å². The lowest BCUT2D eigenvalue weighted by atomic mass is 9.98. The number of benzene rings is 3. The quantitative estimate of drug-likeness (QED) is 0.238. The molecule has 5 aromatic rings. The van der Waals surface area contributed by atoms with E-state index in [0.29, 0.717) is 17.2 Å². The lowest BCUT2D eigenvalue weighted by molar-refractivity contribution is 0.112. The number of halogens is 2. The smallest absolute Gasteiger partial charge is 0.269 e. The second-order valence-corrected chi connectivity index (χ2v) is 13.5. The van der Waals surface area contributed by atoms with E-state index in [1.165, 1.54) is 56.8 Å². The summed E-state index contributed by atoms with van der Waals surface area (Å²) in [5.74, 6) is -2.07. The largest absolute Gasteiger partial charge is 0.298 e. The van der Waals surface area contributed by atoms with Crippen LogP contribution in [0.2, 0.25) is 0 Å². The summed E-state index contributed by atoms with van der Waals surface area (Å²) < 4.78 is 83.8. The molecule has 0 amide bonds. The Balaban J connectivity index is 1.81. The summed E-state index contributed by atoms with van der Waals surface area (Å²) >= 11 is 0. The number of aromatic nitrogens is 2. The molecule has 2 aromatic heterocycles. The van der Waals surface area contributed by atoms with Crippen molar-refractivity contribution in [3.63, 3.8) is 0 Å². The van der Waals surface area contributed by atoms with Crippen LogP contribution >= 0.6 is 0 Å². The van der Waals surface area contributed by atoms with Crippen LogP contribution in [0.5, 0.6) is 0 Å². The first-order chi connectivity index (χ1) is 19.3. The molecule has 0 atom stereocenters. The van der Waals surface area contributed by atoms with E-state index in [9.17, 15) is 30.4 Å². The maximum absolute atomic E-state index is 14.6. The van der Waals surface area contributed by atoms with E-state index in [0.717, 1.165) is 19.9 Å². The van der Waals surface area contributed by atoms with Gasteiger partial charge in [-0.3, -0.25) is 4.79 Å². The van der Waals surface area contributed by atoms with Crippen molar-refractivity contribution in [3.05, 3.63) is 102 Å². The molecule has 0 saturated carbocycles. The molecule has 5 rings (SSSR count). The maximum Gasteiger partial charge on any atom is 0.269 e. The van der Waals surface area contributed by atoms with Crippen LogP contribution in [0.4, 0.5) is 8.78 Å². The number of aryl methyl sites for hydroxylation is 1. The highest BCUT2D eigenvalue weighted by Gasteiger charge is 2.26. The number of hydrogen-bond acceptors (Lipinski definition) is 6. The van der Waals surface area contributed by atoms with Gasteiger partial charge in [0.25, 0.3) is 10.0 Å². The number of carbonyl (C=O) groups is 1. The second-order valence-electron chi connectivity index (χ2n) is 9.53. The summed E-state index contributed by atoms with van der Waals surface area (Å²) in [5, 5.41) is 0.173. The van der Waals surface area contributed by atoms with Gasteiger partial charge in [0.1, 0.15) is 11.6 Å². The van der Waals surface area contributed by atoms with Gasteiger partial charge in [-0.1, -0.05) is 29.8 Å². The lowest BCUT2D eigenvalue weighted by Crippen LogP contribution is -2.22. The van der Waals surface area contributed by atoms with Crippen LogP contribution in [0.3, 0.4) is 0 Å². The molecule has 8 nitrogen and oxygen atoms in total. The van der Waals surface area contributed by atoms with Gasteiger partial charge >= 0.3 is 0 Å². The van der Waals surface area contributed by atoms with Crippen LogP contribution in [0, 0.1) is 18.6 Å². The zero-order chi connectivity index (χ0) is 29.7. The van der Waals surface area contributed by atoms with Gasteiger partial charge < -0.3 is 0 Å². The van der Waals surface area contributed by atoms with Crippen LogP contribution < -0.4 is 0 Å². The number of aldehydes is 1. The van der Waals surface area contributed by atoms with E-state index in [4.69, 9.17) is 0 Å². The molecule has 3 aromatic carbocycles. The molecule has 41 heavy (non-hydrogen) atoms. The Morgan fingerprint density at radius 3 is 2.22 bits per heavy atom. The Morgan fingerprint density at radius 2 is 1.56 bits per heavy atom. The highest BCUT2D eigenvalue weighted by molar-refractivity contribution is 7.90. The fraction of sp³-hybridized carbons (Fsp3) is 0.103. The minimum atomic E-state index is -4.23. The van der Waals surface area contributed by atoms with E-state index in [1.54, 1.807) is 31.2 Å². The third-order valence-electron chi connectivity index (χ3n) is 6.64. The first kappa shape index (κ1) is 28.3. The number of hydrogen-bond donors (Lipinski definition) is 0. The van der Waals surface area contributed by atoms with Crippen LogP contribution in [-0.4, -0.2) is 50.5 Å². The second kappa shape index (κ2) is 10.3. The van der Waals surface area contributed by atoms with Crippen molar-refractivity contribution in [1.29, 1.82) is 0 Å². The summed E-state index contributed by atoms with van der Waals surface area (Å²) in [4.78, 5) is 16.2. The number of rotatable bonds is 7. The van der Waals surface area contributed by atoms with Crippen molar-refractivity contribution in [2.45, 2.75) is 16.7 Å². The van der Waals surface area contributed by atoms with E-state index < -0.39 is 37.2 Å². The van der Waals surface area contributed by atoms with E-state index in [2.05, 4.69) is 4.98 Å². The standard InChI is InChI=1S/C29H23F2N3O5S2/c1-18-7-9-22(10-8-18)41(38,39)34-16-26(24-13-21(30)14-28(31)27(24)17-35)25-12-20(15-32-29(25)34)19-5-4-6-23(11-19)40(36,37)33(2)3/h4-17H,1-3H3. The van der Waals surface area contributed by atoms with Gasteiger partial charge in [-0.05, 0) is 48.9 Å². The molecule has 2 heterocycles. The first-order valence-corrected chi connectivity index (χ1v) is 15.0. The predicted octanol–water partition coefficient (Wildman–Crippen LogP) is 5.26. The zero-order valence-electron chi connectivity index (χ0n) is 22.0. The van der Waals surface area contributed by atoms with Crippen LogP contribution in [-0.2, 0) is 20.0 Å². The fourth-order valence-corrected chi connectivity index (χ4v) is 6.71. The molecule has 0 radical (unpaired) electrons. The minimum absolute atomic E-state index is 0.0234. The summed E-state index contributed by atoms with van der Waals surface area (Å²) in [7, 11) is -5.18. The van der Waals surface area contributed by atoms with Gasteiger partial charge in [0.05, 0.1) is 15.4 Å². The normalized spacial score (nSPS) is 12.2. The van der Waals surface area contributed by atoms with Crippen LogP contribution in [0.15, 0.2) is 88.9 Å². The highest BCUT2D eigenvalue weighted by atomic mass is 32.2. The maximum atomic E-state index is 14.6. The van der Waals surface area contributed by atoms with Crippen molar-refractivity contribution in [3.8, 4) is 22.3 Å². The summed E-state index contributed by atoms with van der Waals surface area (Å²) in [5.41, 5.74) is 1.07. The molecule has 0 aliphatic rings. The van der Waals surface area contributed by atoms with Crippen molar-refractivity contribution >= 4 is 37.4 Å². The van der Waals surface area contributed by atoms with Crippen LogP contribution in [0.1, 0.15) is 15.9 Å². The molecule has 0 N–H and O–H groups in total. The molecule has 0 bridgehead atoms. The Labute approximate surface area is 235 Å². The average molecular weight is 596 g/mol. The molecule has 0 fully saturated rings. The highest BCUT2D eigenvalue weighted by Crippen LogP contribution is 2.37. The van der Waals surface area contributed by atoms with Crippen LogP contribution in [0.25, 0.3) is 33.3 Å². The molecule has 0 unspecified atom stereocenters. The monoisotopic (exact) mass is 595 g/mol. The first-order valence-electron chi connectivity index (χ1n) is 12.2. The van der Waals surface area contributed by atoms with Gasteiger partial charge in [-0.25, -0.2) is 38.9 Å². The summed E-state index contributed by atoms with van der Waals surface area (Å²) in [6.45, 7) is 1.81. The number of fused-ring (bicyclic) bond motifs is 1. The zero-order valence-corrected chi connectivity index (χ0v) is 23.7. The minimum Gasteiger partial charge on any atom is -0.298 e. The Hall–Kier alpha value is -4.26. The molecule has 210 valence electrons. The summed E-state index contributed by atoms with van der Waals surface area (Å²) in [6, 6.07) is 15.3. The third-order valence-corrected chi connectivity index (χ3v) is 10.1. The molecular weight excluding hydrogens is 572 g/mol. The Kier molecular flexibility index (Phi) is 7.10.